The summed E-state index contributed by atoms with van der Waals surface area (Å²) in [5.41, 5.74) is 17.9. The summed E-state index contributed by atoms with van der Waals surface area (Å²) in [5, 5.41) is 12.3. The normalized spacial score (nSPS) is 21.6. The maximum atomic E-state index is 9.05. The van der Waals surface area contributed by atoms with Crippen molar-refractivity contribution < 1.29 is 9.84 Å². The lowest BCUT2D eigenvalue weighted by Gasteiger charge is -2.36. The second kappa shape index (κ2) is 9.73. The second-order valence-electron chi connectivity index (χ2n) is 9.84. The van der Waals surface area contributed by atoms with Gasteiger partial charge in [-0.3, -0.25) is 0 Å². The van der Waals surface area contributed by atoms with Crippen molar-refractivity contribution in [1.82, 2.24) is 15.3 Å². The van der Waals surface area contributed by atoms with Crippen molar-refractivity contribution in [3.8, 4) is 17.0 Å². The fourth-order valence-electron chi connectivity index (χ4n) is 5.26. The predicted octanol–water partition coefficient (Wildman–Crippen LogP) is 2.72. The number of hydrogen-bond donors (Lipinski definition) is 4. The van der Waals surface area contributed by atoms with E-state index in [4.69, 9.17) is 21.3 Å². The lowest BCUT2D eigenvalue weighted by molar-refractivity contribution is 0.145. The van der Waals surface area contributed by atoms with Crippen LogP contribution >= 0.6 is 0 Å². The maximum absolute atomic E-state index is 9.05. The van der Waals surface area contributed by atoms with Gasteiger partial charge >= 0.3 is 0 Å². The Bertz CT molecular complexity index is 938. The van der Waals surface area contributed by atoms with Crippen LogP contribution in [-0.4, -0.2) is 46.9 Å². The summed E-state index contributed by atoms with van der Waals surface area (Å²) in [6.07, 6.45) is 8.60. The number of benzene rings is 1. The highest BCUT2D eigenvalue weighted by atomic mass is 16.5. The molecule has 32 heavy (non-hydrogen) atoms. The fraction of sp³-hybridized carbons (Fsp3) is 0.600. The summed E-state index contributed by atoms with van der Waals surface area (Å²) >= 11 is 0. The summed E-state index contributed by atoms with van der Waals surface area (Å²) in [7, 11) is 0. The number of aromatic nitrogens is 2. The molecule has 0 atom stereocenters. The van der Waals surface area contributed by atoms with E-state index in [0.717, 1.165) is 74.1 Å². The summed E-state index contributed by atoms with van der Waals surface area (Å²) in [5.74, 6) is 1.56. The SMILES string of the molecule is CC1(C)Cc2c(ccc(OC3CCC(N)CC3)c2CCCNCCO)-c2ncnc(N)c21. The molecule has 2 aromatic rings. The molecule has 1 fully saturated rings. The van der Waals surface area contributed by atoms with E-state index in [1.54, 1.807) is 6.33 Å². The first-order valence-electron chi connectivity index (χ1n) is 11.9. The van der Waals surface area contributed by atoms with Gasteiger partial charge in [-0.2, -0.15) is 0 Å². The number of aliphatic hydroxyl groups excluding tert-OH is 1. The van der Waals surface area contributed by atoms with Crippen molar-refractivity contribution in [2.75, 3.05) is 25.4 Å². The number of nitrogen functional groups attached to an aromatic ring is 1. The molecule has 6 N–H and O–H groups in total. The summed E-state index contributed by atoms with van der Waals surface area (Å²) in [6.45, 7) is 6.07. The number of hydrogen-bond acceptors (Lipinski definition) is 7. The fourth-order valence-corrected chi connectivity index (χ4v) is 5.26. The molecule has 7 nitrogen and oxygen atoms in total. The van der Waals surface area contributed by atoms with E-state index >= 15 is 0 Å². The van der Waals surface area contributed by atoms with Gasteiger partial charge < -0.3 is 26.6 Å². The Morgan fingerprint density at radius 2 is 1.94 bits per heavy atom. The number of nitrogens with two attached hydrogens (primary N) is 2. The number of nitrogens with zero attached hydrogens (tertiary/aromatic N) is 2. The summed E-state index contributed by atoms with van der Waals surface area (Å²) in [6, 6.07) is 4.57. The zero-order valence-electron chi connectivity index (χ0n) is 19.4. The molecule has 0 radical (unpaired) electrons. The summed E-state index contributed by atoms with van der Waals surface area (Å²) < 4.78 is 6.59. The lowest BCUT2D eigenvalue weighted by atomic mass is 9.70. The quantitative estimate of drug-likeness (QED) is 0.467. The van der Waals surface area contributed by atoms with Gasteiger partial charge in [0, 0.05) is 23.7 Å². The summed E-state index contributed by atoms with van der Waals surface area (Å²) in [4.78, 5) is 8.91. The lowest BCUT2D eigenvalue weighted by Crippen LogP contribution is -2.32. The Labute approximate surface area is 191 Å². The minimum atomic E-state index is -0.159. The van der Waals surface area contributed by atoms with Crippen molar-refractivity contribution in [2.45, 2.75) is 76.4 Å². The van der Waals surface area contributed by atoms with E-state index in [0.29, 0.717) is 18.4 Å². The van der Waals surface area contributed by atoms with Gasteiger partial charge in [-0.1, -0.05) is 13.8 Å². The monoisotopic (exact) mass is 439 g/mol. The first-order chi connectivity index (χ1) is 15.4. The first kappa shape index (κ1) is 23.0. The zero-order chi connectivity index (χ0) is 22.7. The minimum Gasteiger partial charge on any atom is -0.490 e. The van der Waals surface area contributed by atoms with Gasteiger partial charge in [-0.25, -0.2) is 9.97 Å². The zero-order valence-corrected chi connectivity index (χ0v) is 19.4. The van der Waals surface area contributed by atoms with Crippen LogP contribution < -0.4 is 21.5 Å². The Morgan fingerprint density at radius 3 is 2.69 bits per heavy atom. The minimum absolute atomic E-state index is 0.158. The molecule has 0 bridgehead atoms. The van der Waals surface area contributed by atoms with Gasteiger partial charge in [-0.05, 0) is 80.2 Å². The molecule has 2 aliphatic rings. The van der Waals surface area contributed by atoms with Gasteiger partial charge in [0.1, 0.15) is 17.9 Å². The predicted molar refractivity (Wildman–Crippen MR) is 128 cm³/mol. The molecule has 0 unspecified atom stereocenters. The van der Waals surface area contributed by atoms with Crippen molar-refractivity contribution in [3.63, 3.8) is 0 Å². The van der Waals surface area contributed by atoms with E-state index in [-0.39, 0.29) is 18.1 Å². The van der Waals surface area contributed by atoms with E-state index in [1.807, 2.05) is 0 Å². The topological polar surface area (TPSA) is 119 Å². The Kier molecular flexibility index (Phi) is 6.98. The third-order valence-electron chi connectivity index (χ3n) is 6.90. The van der Waals surface area contributed by atoms with Crippen molar-refractivity contribution in [1.29, 1.82) is 0 Å². The second-order valence-corrected chi connectivity index (χ2v) is 9.84. The van der Waals surface area contributed by atoms with E-state index in [1.165, 1.54) is 11.1 Å². The van der Waals surface area contributed by atoms with Gasteiger partial charge in [0.2, 0.25) is 0 Å². The molecule has 174 valence electrons. The van der Waals surface area contributed by atoms with Gasteiger partial charge in [0.05, 0.1) is 18.4 Å². The van der Waals surface area contributed by atoms with Gasteiger partial charge in [-0.15, -0.1) is 0 Å². The third kappa shape index (κ3) is 4.75. The van der Waals surface area contributed by atoms with Crippen LogP contribution in [0.25, 0.3) is 11.3 Å². The number of anilines is 1. The molecule has 0 saturated heterocycles. The highest BCUT2D eigenvalue weighted by Gasteiger charge is 2.36. The molecule has 0 aliphatic heterocycles. The highest BCUT2D eigenvalue weighted by molar-refractivity contribution is 5.77. The van der Waals surface area contributed by atoms with Gasteiger partial charge in [0.25, 0.3) is 0 Å². The molecule has 2 aliphatic carbocycles. The van der Waals surface area contributed by atoms with Crippen LogP contribution in [0.5, 0.6) is 5.75 Å². The largest absolute Gasteiger partial charge is 0.490 e. The molecule has 0 amide bonds. The number of fused-ring (bicyclic) bond motifs is 3. The molecule has 4 rings (SSSR count). The Hall–Kier alpha value is -2.22. The van der Waals surface area contributed by atoms with E-state index in [9.17, 15) is 0 Å². The molecule has 1 aromatic carbocycles. The molecule has 1 aromatic heterocycles. The third-order valence-corrected chi connectivity index (χ3v) is 6.90. The average molecular weight is 440 g/mol. The van der Waals surface area contributed by atoms with E-state index in [2.05, 4.69) is 41.3 Å². The van der Waals surface area contributed by atoms with E-state index < -0.39 is 0 Å². The van der Waals surface area contributed by atoms with Crippen LogP contribution in [0, 0.1) is 0 Å². The smallest absolute Gasteiger partial charge is 0.131 e. The van der Waals surface area contributed by atoms with Crippen LogP contribution in [0.3, 0.4) is 0 Å². The number of ether oxygens (including phenoxy) is 1. The molecular weight excluding hydrogens is 402 g/mol. The standard InChI is InChI=1S/C25H37N5O2/c1-25(2)14-20-18(4-3-11-28-12-13-31)21(32-17-7-5-16(26)6-8-17)10-9-19(20)23-22(25)24(27)30-15-29-23/h9-10,15-17,28,31H,3-8,11-14,26H2,1-2H3,(H2,27,29,30). The molecular formula is C25H37N5O2. The Morgan fingerprint density at radius 1 is 1.16 bits per heavy atom. The van der Waals surface area contributed by atoms with Crippen LogP contribution in [0.4, 0.5) is 5.82 Å². The van der Waals surface area contributed by atoms with Crippen molar-refractivity contribution >= 4 is 5.82 Å². The Balaban J connectivity index is 1.69. The van der Waals surface area contributed by atoms with Crippen molar-refractivity contribution in [3.05, 3.63) is 35.2 Å². The molecule has 1 saturated carbocycles. The van der Waals surface area contributed by atoms with Crippen LogP contribution in [0.15, 0.2) is 18.5 Å². The first-order valence-corrected chi connectivity index (χ1v) is 11.9. The van der Waals surface area contributed by atoms with Gasteiger partial charge in [0.15, 0.2) is 0 Å². The highest BCUT2D eigenvalue weighted by Crippen LogP contribution is 2.47. The number of aliphatic hydroxyl groups is 1. The molecule has 7 heteroatoms. The van der Waals surface area contributed by atoms with Crippen LogP contribution in [0.1, 0.15) is 62.6 Å². The van der Waals surface area contributed by atoms with Crippen molar-refractivity contribution in [2.24, 2.45) is 5.73 Å². The average Bonchev–Trinajstić information content (AvgIpc) is 2.76. The van der Waals surface area contributed by atoms with Crippen LogP contribution in [-0.2, 0) is 18.3 Å². The molecule has 1 heterocycles. The number of nitrogens with one attached hydrogen (secondary N) is 1. The number of rotatable bonds is 8. The maximum Gasteiger partial charge on any atom is 0.131 e. The van der Waals surface area contributed by atoms with Crippen LogP contribution in [0.2, 0.25) is 0 Å². The molecule has 0 spiro atoms.